The number of nitrogens with one attached hydrogen (secondary N) is 2. The number of nitrogens with zero attached hydrogens (tertiary/aromatic N) is 1. The van der Waals surface area contributed by atoms with E-state index in [2.05, 4.69) is 22.2 Å². The Morgan fingerprint density at radius 3 is 2.37 bits per heavy atom. The van der Waals surface area contributed by atoms with Crippen molar-refractivity contribution in [3.63, 3.8) is 0 Å². The molecule has 4 N–H and O–H groups in total. The molecule has 1 heterocycles. The normalized spacial score (nSPS) is 12.3. The fourth-order valence-corrected chi connectivity index (χ4v) is 4.53. The zero-order valence-electron chi connectivity index (χ0n) is 19.6. The molecule has 1 atom stereocenters. The van der Waals surface area contributed by atoms with E-state index >= 15 is 0 Å². The maximum atomic E-state index is 12.8. The van der Waals surface area contributed by atoms with Crippen LogP contribution in [-0.4, -0.2) is 29.8 Å². The first-order valence-corrected chi connectivity index (χ1v) is 12.4. The lowest BCUT2D eigenvalue weighted by molar-refractivity contribution is -0.137. The van der Waals surface area contributed by atoms with Crippen LogP contribution in [0.2, 0.25) is 10.0 Å². The first-order valence-electron chi connectivity index (χ1n) is 10.8. The van der Waals surface area contributed by atoms with E-state index in [1.165, 1.54) is 36.5 Å². The van der Waals surface area contributed by atoms with Gasteiger partial charge in [0.15, 0.2) is 0 Å². The molecule has 6 nitrogen and oxygen atoms in total. The second-order valence-corrected chi connectivity index (χ2v) is 9.78. The number of carbonyl (C=O) groups is 2. The number of aliphatic imine (C=N–C) groups is 1. The molecule has 0 aliphatic rings. The second kappa shape index (κ2) is 12.3. The minimum Gasteiger partial charge on any atom is -0.365 e. The predicted molar refractivity (Wildman–Crippen MR) is 143 cm³/mol. The Morgan fingerprint density at radius 1 is 1.11 bits per heavy atom. The first-order chi connectivity index (χ1) is 17.8. The number of nitrogens with two attached hydrogens (primary N) is 1. The summed E-state index contributed by atoms with van der Waals surface area (Å²) < 4.78 is 38.4. The summed E-state index contributed by atoms with van der Waals surface area (Å²) in [4.78, 5) is 29.2. The van der Waals surface area contributed by atoms with Crippen LogP contribution in [0.15, 0.2) is 59.6 Å². The summed E-state index contributed by atoms with van der Waals surface area (Å²) in [5, 5.41) is 11.5. The van der Waals surface area contributed by atoms with Crippen molar-refractivity contribution < 1.29 is 22.8 Å². The van der Waals surface area contributed by atoms with Gasteiger partial charge in [-0.05, 0) is 54.6 Å². The van der Waals surface area contributed by atoms with Gasteiger partial charge >= 0.3 is 6.18 Å². The Hall–Kier alpha value is -3.65. The van der Waals surface area contributed by atoms with Crippen LogP contribution in [0, 0.1) is 23.2 Å². The molecule has 0 saturated heterocycles. The van der Waals surface area contributed by atoms with Crippen molar-refractivity contribution in [1.82, 2.24) is 5.32 Å². The molecule has 0 aliphatic carbocycles. The van der Waals surface area contributed by atoms with Gasteiger partial charge in [-0.15, -0.1) is 11.3 Å². The number of rotatable bonds is 7. The van der Waals surface area contributed by atoms with Crippen molar-refractivity contribution >= 4 is 63.5 Å². The van der Waals surface area contributed by atoms with E-state index in [0.29, 0.717) is 26.0 Å². The number of hydrogen-bond donors (Lipinski definition) is 3. The van der Waals surface area contributed by atoms with E-state index in [-0.39, 0.29) is 23.2 Å². The van der Waals surface area contributed by atoms with Crippen molar-refractivity contribution in [3.05, 3.63) is 85.5 Å². The Morgan fingerprint density at radius 2 is 1.79 bits per heavy atom. The van der Waals surface area contributed by atoms with Crippen molar-refractivity contribution in [1.29, 1.82) is 5.41 Å². The van der Waals surface area contributed by atoms with Gasteiger partial charge in [0.1, 0.15) is 5.71 Å². The molecule has 0 bridgehead atoms. The maximum Gasteiger partial charge on any atom is 0.416 e. The summed E-state index contributed by atoms with van der Waals surface area (Å²) >= 11 is 13.5. The van der Waals surface area contributed by atoms with Gasteiger partial charge in [0.25, 0.3) is 5.91 Å². The summed E-state index contributed by atoms with van der Waals surface area (Å²) in [7, 11) is 0. The smallest absolute Gasteiger partial charge is 0.365 e. The molecular formula is C26H19Cl2F3N4O2S. The average Bonchev–Trinajstić information content (AvgIpc) is 3.31. The van der Waals surface area contributed by atoms with Crippen LogP contribution in [0.1, 0.15) is 27.8 Å². The van der Waals surface area contributed by atoms with E-state index in [1.807, 2.05) is 0 Å². The maximum absolute atomic E-state index is 12.8. The second-order valence-electron chi connectivity index (χ2n) is 7.85. The Labute approximate surface area is 230 Å². The molecule has 196 valence electrons. The van der Waals surface area contributed by atoms with Gasteiger partial charge in [-0.3, -0.25) is 15.0 Å². The third kappa shape index (κ3) is 7.68. The van der Waals surface area contributed by atoms with Gasteiger partial charge in [0.05, 0.1) is 37.7 Å². The molecule has 12 heteroatoms. The van der Waals surface area contributed by atoms with Crippen LogP contribution in [0.4, 0.5) is 18.9 Å². The number of halogens is 5. The van der Waals surface area contributed by atoms with Crippen LogP contribution >= 0.6 is 34.5 Å². The average molecular weight is 579 g/mol. The molecule has 1 unspecified atom stereocenters. The highest BCUT2D eigenvalue weighted by Crippen LogP contribution is 2.31. The van der Waals surface area contributed by atoms with Crippen LogP contribution in [-0.2, 0) is 15.8 Å². The standard InChI is InChI=1S/C26H19Cl2F3N4O2S/c1-14(36)34-13-19(23(32)25(33)37)24(35-21-10-7-17(27)12-20(21)28)22-11-9-18(38-22)8-4-15-2-5-16(6-3-15)26(29,30)31/h2-3,5-7,9-12,19,32H,13H2,1H3,(H2,33,37)(H,34,36). The topological polar surface area (TPSA) is 108 Å². The Bertz CT molecular complexity index is 1470. The molecule has 3 rings (SSSR count). The molecule has 2 aromatic carbocycles. The van der Waals surface area contributed by atoms with Crippen molar-refractivity contribution in [2.75, 3.05) is 6.54 Å². The lowest BCUT2D eigenvalue weighted by atomic mass is 9.95. The molecule has 0 radical (unpaired) electrons. The Kier molecular flexibility index (Phi) is 9.33. The van der Waals surface area contributed by atoms with Gasteiger partial charge in [-0.25, -0.2) is 4.99 Å². The summed E-state index contributed by atoms with van der Waals surface area (Å²) in [6, 6.07) is 12.4. The van der Waals surface area contributed by atoms with Gasteiger partial charge in [0.2, 0.25) is 5.91 Å². The van der Waals surface area contributed by atoms with Crippen molar-refractivity contribution in [2.45, 2.75) is 13.1 Å². The number of benzene rings is 2. The van der Waals surface area contributed by atoms with Gasteiger partial charge in [0, 0.05) is 24.1 Å². The summed E-state index contributed by atoms with van der Waals surface area (Å²) in [6.07, 6.45) is -4.44. The molecule has 0 spiro atoms. The van der Waals surface area contributed by atoms with Gasteiger partial charge < -0.3 is 11.1 Å². The van der Waals surface area contributed by atoms with Crippen LogP contribution in [0.3, 0.4) is 0 Å². The van der Waals surface area contributed by atoms with E-state index in [9.17, 15) is 22.8 Å². The minimum absolute atomic E-state index is 0.133. The fourth-order valence-electron chi connectivity index (χ4n) is 3.18. The highest BCUT2D eigenvalue weighted by atomic mass is 35.5. The molecule has 38 heavy (non-hydrogen) atoms. The lowest BCUT2D eigenvalue weighted by Crippen LogP contribution is -2.41. The largest absolute Gasteiger partial charge is 0.416 e. The van der Waals surface area contributed by atoms with Crippen LogP contribution < -0.4 is 11.1 Å². The van der Waals surface area contributed by atoms with E-state index in [1.54, 1.807) is 24.3 Å². The van der Waals surface area contributed by atoms with E-state index < -0.39 is 29.3 Å². The van der Waals surface area contributed by atoms with Crippen molar-refractivity contribution in [3.8, 4) is 11.8 Å². The highest BCUT2D eigenvalue weighted by Gasteiger charge is 2.30. The highest BCUT2D eigenvalue weighted by molar-refractivity contribution is 7.14. The number of primary amides is 1. The molecule has 0 fully saturated rings. The van der Waals surface area contributed by atoms with Crippen LogP contribution in [0.5, 0.6) is 0 Å². The van der Waals surface area contributed by atoms with E-state index in [4.69, 9.17) is 34.3 Å². The summed E-state index contributed by atoms with van der Waals surface area (Å²) in [6.45, 7) is 1.16. The molecule has 2 amide bonds. The molecule has 1 aromatic heterocycles. The monoisotopic (exact) mass is 578 g/mol. The van der Waals surface area contributed by atoms with Gasteiger partial charge in [-0.2, -0.15) is 13.2 Å². The number of carbonyl (C=O) groups excluding carboxylic acids is 2. The number of hydrogen-bond acceptors (Lipinski definition) is 5. The first kappa shape index (κ1) is 28.9. The molecule has 0 saturated carbocycles. The minimum atomic E-state index is -4.44. The van der Waals surface area contributed by atoms with Crippen molar-refractivity contribution in [2.24, 2.45) is 16.6 Å². The van der Waals surface area contributed by atoms with Gasteiger partial charge in [-0.1, -0.05) is 35.0 Å². The third-order valence-electron chi connectivity index (χ3n) is 5.05. The number of alkyl halides is 3. The van der Waals surface area contributed by atoms with E-state index in [0.717, 1.165) is 12.1 Å². The summed E-state index contributed by atoms with van der Waals surface area (Å²) in [5.74, 6) is 3.31. The molecular weight excluding hydrogens is 560 g/mol. The fraction of sp³-hybridized carbons (Fsp3) is 0.154. The molecule has 3 aromatic rings. The number of amides is 2. The summed E-state index contributed by atoms with van der Waals surface area (Å²) in [5.41, 5.74) is 5.07. The SMILES string of the molecule is CC(=O)NCC(C(=N)C(N)=O)C(=Nc1ccc(Cl)cc1Cl)c1ccc(C#Cc2ccc(C(F)(F)F)cc2)s1. The quantitative estimate of drug-likeness (QED) is 0.241. The third-order valence-corrected chi connectivity index (χ3v) is 6.61. The lowest BCUT2D eigenvalue weighted by Gasteiger charge is -2.19. The zero-order valence-corrected chi connectivity index (χ0v) is 21.9. The Balaban J connectivity index is 2.04. The van der Waals surface area contributed by atoms with Crippen LogP contribution in [0.25, 0.3) is 0 Å². The number of thiophene rings is 1. The zero-order chi connectivity index (χ0) is 28.0. The predicted octanol–water partition coefficient (Wildman–Crippen LogP) is 5.85. The molecule has 0 aliphatic heterocycles.